The number of carbonyl (C=O) groups is 1. The van der Waals surface area contributed by atoms with E-state index in [0.29, 0.717) is 0 Å². The van der Waals surface area contributed by atoms with Crippen LogP contribution < -0.4 is 5.43 Å². The SMILES string of the molecule is CC(=NNC(=O)Cc1ccc(Br)c2ccccc12)c1ccc2c3c(cccc13)CC2. The summed E-state index contributed by atoms with van der Waals surface area (Å²) in [6, 6.07) is 22.9. The third kappa shape index (κ3) is 3.31. The molecular formula is C26H21BrN2O. The van der Waals surface area contributed by atoms with Gasteiger partial charge in [-0.25, -0.2) is 5.43 Å². The fraction of sp³-hybridized carbons (Fsp3) is 0.154. The van der Waals surface area contributed by atoms with Crippen molar-refractivity contribution in [3.63, 3.8) is 0 Å². The van der Waals surface area contributed by atoms with Crippen LogP contribution >= 0.6 is 15.9 Å². The smallest absolute Gasteiger partial charge is 0.244 e. The lowest BCUT2D eigenvalue weighted by Gasteiger charge is -2.10. The highest BCUT2D eigenvalue weighted by molar-refractivity contribution is 9.10. The van der Waals surface area contributed by atoms with Gasteiger partial charge in [-0.15, -0.1) is 0 Å². The topological polar surface area (TPSA) is 41.5 Å². The fourth-order valence-corrected chi connectivity index (χ4v) is 4.94. The number of carbonyl (C=O) groups excluding carboxylic acids is 1. The lowest BCUT2D eigenvalue weighted by molar-refractivity contribution is -0.120. The molecule has 0 saturated heterocycles. The lowest BCUT2D eigenvalue weighted by Crippen LogP contribution is -2.21. The first-order valence-electron chi connectivity index (χ1n) is 10.1. The van der Waals surface area contributed by atoms with Gasteiger partial charge in [-0.1, -0.05) is 76.6 Å². The van der Waals surface area contributed by atoms with Crippen molar-refractivity contribution in [3.8, 4) is 0 Å². The van der Waals surface area contributed by atoms with Crippen molar-refractivity contribution in [1.29, 1.82) is 0 Å². The summed E-state index contributed by atoms with van der Waals surface area (Å²) in [4.78, 5) is 12.6. The van der Waals surface area contributed by atoms with Crippen LogP contribution in [0.3, 0.4) is 0 Å². The van der Waals surface area contributed by atoms with E-state index in [1.54, 1.807) is 0 Å². The summed E-state index contributed by atoms with van der Waals surface area (Å²) >= 11 is 3.58. The second kappa shape index (κ2) is 7.69. The van der Waals surface area contributed by atoms with E-state index >= 15 is 0 Å². The molecule has 0 unspecified atom stereocenters. The molecule has 5 rings (SSSR count). The van der Waals surface area contributed by atoms with Crippen molar-refractivity contribution in [3.05, 3.63) is 93.5 Å². The molecule has 0 atom stereocenters. The standard InChI is InChI=1S/C26H21BrN2O/c1-16(20-13-11-18-10-9-17-5-4-8-23(20)26(17)18)28-29-25(30)15-19-12-14-24(27)22-7-3-2-6-21(19)22/h2-8,11-14H,9-10,15H2,1H3,(H,29,30). The summed E-state index contributed by atoms with van der Waals surface area (Å²) in [5, 5.41) is 9.19. The van der Waals surface area contributed by atoms with E-state index in [1.807, 2.05) is 37.3 Å². The molecule has 4 aromatic rings. The number of aryl methyl sites for hydroxylation is 2. The van der Waals surface area contributed by atoms with Gasteiger partial charge in [-0.05, 0) is 64.1 Å². The van der Waals surface area contributed by atoms with Crippen LogP contribution in [0.2, 0.25) is 0 Å². The van der Waals surface area contributed by atoms with Gasteiger partial charge in [0.25, 0.3) is 0 Å². The molecule has 148 valence electrons. The van der Waals surface area contributed by atoms with Gasteiger partial charge in [0.05, 0.1) is 12.1 Å². The summed E-state index contributed by atoms with van der Waals surface area (Å²) in [5.74, 6) is -0.118. The van der Waals surface area contributed by atoms with Gasteiger partial charge in [0.2, 0.25) is 5.91 Å². The minimum absolute atomic E-state index is 0.118. The third-order valence-electron chi connectivity index (χ3n) is 5.93. The number of rotatable bonds is 4. The maximum atomic E-state index is 12.6. The molecule has 1 N–H and O–H groups in total. The van der Waals surface area contributed by atoms with E-state index in [2.05, 4.69) is 62.9 Å². The zero-order valence-corrected chi connectivity index (χ0v) is 18.3. The Hall–Kier alpha value is -2.98. The summed E-state index contributed by atoms with van der Waals surface area (Å²) in [7, 11) is 0. The Morgan fingerprint density at radius 1 is 0.900 bits per heavy atom. The number of hydrazone groups is 1. The van der Waals surface area contributed by atoms with Gasteiger partial charge in [0.1, 0.15) is 0 Å². The van der Waals surface area contributed by atoms with E-state index in [-0.39, 0.29) is 12.3 Å². The molecule has 30 heavy (non-hydrogen) atoms. The van der Waals surface area contributed by atoms with Crippen LogP contribution in [0.1, 0.15) is 29.2 Å². The molecule has 0 bridgehead atoms. The summed E-state index contributed by atoms with van der Waals surface area (Å²) < 4.78 is 1.03. The average Bonchev–Trinajstić information content (AvgIpc) is 3.19. The van der Waals surface area contributed by atoms with Crippen molar-refractivity contribution in [2.75, 3.05) is 0 Å². The number of halogens is 1. The molecule has 1 amide bonds. The van der Waals surface area contributed by atoms with Crippen LogP contribution in [0.5, 0.6) is 0 Å². The molecule has 1 aliphatic rings. The van der Waals surface area contributed by atoms with E-state index in [0.717, 1.165) is 44.9 Å². The van der Waals surface area contributed by atoms with Gasteiger partial charge in [-0.2, -0.15) is 5.10 Å². The number of nitrogens with zero attached hydrogens (tertiary/aromatic N) is 1. The molecule has 0 aliphatic heterocycles. The Morgan fingerprint density at radius 3 is 2.47 bits per heavy atom. The van der Waals surface area contributed by atoms with E-state index in [9.17, 15) is 4.79 Å². The zero-order chi connectivity index (χ0) is 20.7. The Kier molecular flexibility index (Phi) is 4.87. The Labute approximate surface area is 183 Å². The van der Waals surface area contributed by atoms with Gasteiger partial charge in [-0.3, -0.25) is 4.79 Å². The van der Waals surface area contributed by atoms with E-state index in [4.69, 9.17) is 0 Å². The first-order valence-corrected chi connectivity index (χ1v) is 10.9. The summed E-state index contributed by atoms with van der Waals surface area (Å²) in [6.45, 7) is 1.95. The molecule has 0 spiro atoms. The van der Waals surface area contributed by atoms with Crippen LogP contribution in [0.25, 0.3) is 21.5 Å². The fourth-order valence-electron chi connectivity index (χ4n) is 4.46. The Bertz CT molecular complexity index is 1330. The van der Waals surface area contributed by atoms with Gasteiger partial charge >= 0.3 is 0 Å². The second-order valence-corrected chi connectivity index (χ2v) is 8.63. The number of hydrogen-bond acceptors (Lipinski definition) is 2. The zero-order valence-electron chi connectivity index (χ0n) is 16.7. The van der Waals surface area contributed by atoms with Gasteiger partial charge in [0.15, 0.2) is 0 Å². The maximum Gasteiger partial charge on any atom is 0.244 e. The van der Waals surface area contributed by atoms with Crippen molar-refractivity contribution in [1.82, 2.24) is 5.43 Å². The van der Waals surface area contributed by atoms with Crippen molar-refractivity contribution < 1.29 is 4.79 Å². The highest BCUT2D eigenvalue weighted by Gasteiger charge is 2.17. The van der Waals surface area contributed by atoms with Gasteiger partial charge < -0.3 is 0 Å². The summed E-state index contributed by atoms with van der Waals surface area (Å²) in [6.07, 6.45) is 2.49. The number of hydrogen-bond donors (Lipinski definition) is 1. The molecule has 1 aliphatic carbocycles. The molecule has 4 aromatic carbocycles. The molecule has 3 nitrogen and oxygen atoms in total. The largest absolute Gasteiger partial charge is 0.273 e. The minimum Gasteiger partial charge on any atom is -0.273 e. The predicted molar refractivity (Wildman–Crippen MR) is 127 cm³/mol. The quantitative estimate of drug-likeness (QED) is 0.299. The Morgan fingerprint density at radius 2 is 1.63 bits per heavy atom. The maximum absolute atomic E-state index is 12.6. The highest BCUT2D eigenvalue weighted by Crippen LogP contribution is 2.33. The first kappa shape index (κ1) is 19.0. The minimum atomic E-state index is -0.118. The first-order chi connectivity index (χ1) is 14.6. The number of benzene rings is 4. The average molecular weight is 457 g/mol. The third-order valence-corrected chi connectivity index (χ3v) is 6.62. The van der Waals surface area contributed by atoms with Crippen LogP contribution in [0, 0.1) is 0 Å². The molecule has 0 radical (unpaired) electrons. The van der Waals surface area contributed by atoms with Crippen LogP contribution in [0.4, 0.5) is 0 Å². The predicted octanol–water partition coefficient (Wildman–Crippen LogP) is 5.94. The van der Waals surface area contributed by atoms with E-state index in [1.165, 1.54) is 21.9 Å². The van der Waals surface area contributed by atoms with Crippen LogP contribution in [-0.2, 0) is 24.1 Å². The Balaban J connectivity index is 1.40. The molecular weight excluding hydrogens is 436 g/mol. The second-order valence-electron chi connectivity index (χ2n) is 7.77. The van der Waals surface area contributed by atoms with Crippen molar-refractivity contribution in [2.24, 2.45) is 5.10 Å². The van der Waals surface area contributed by atoms with Crippen LogP contribution in [-0.4, -0.2) is 11.6 Å². The molecule has 0 saturated carbocycles. The van der Waals surface area contributed by atoms with Crippen LogP contribution in [0.15, 0.2) is 76.3 Å². The monoisotopic (exact) mass is 456 g/mol. The van der Waals surface area contributed by atoms with Gasteiger partial charge in [0, 0.05) is 10.0 Å². The van der Waals surface area contributed by atoms with E-state index < -0.39 is 0 Å². The molecule has 0 heterocycles. The molecule has 4 heteroatoms. The molecule has 0 fully saturated rings. The number of nitrogens with one attached hydrogen (secondary N) is 1. The molecule has 0 aromatic heterocycles. The summed E-state index contributed by atoms with van der Waals surface area (Å²) in [5.41, 5.74) is 8.45. The number of fused-ring (bicyclic) bond motifs is 1. The number of amides is 1. The lowest BCUT2D eigenvalue weighted by atomic mass is 9.98. The normalized spacial score (nSPS) is 13.2. The van der Waals surface area contributed by atoms with Crippen molar-refractivity contribution in [2.45, 2.75) is 26.2 Å². The van der Waals surface area contributed by atoms with Crippen molar-refractivity contribution >= 4 is 49.1 Å². The highest BCUT2D eigenvalue weighted by atomic mass is 79.9.